The summed E-state index contributed by atoms with van der Waals surface area (Å²) in [5.74, 6) is -0.211. The van der Waals surface area contributed by atoms with Crippen molar-refractivity contribution in [3.8, 4) is 0 Å². The fraction of sp³-hybridized carbons (Fsp3) is 0.796. The minimum Gasteiger partial charge on any atom is -0.756 e. The van der Waals surface area contributed by atoms with Crippen molar-refractivity contribution < 1.29 is 32.9 Å². The summed E-state index contributed by atoms with van der Waals surface area (Å²) in [6, 6.07) is -0.901. The third-order valence-electron chi connectivity index (χ3n) is 11.4. The molecule has 2 N–H and O–H groups in total. The van der Waals surface area contributed by atoms with E-state index in [1.54, 1.807) is 6.08 Å². The van der Waals surface area contributed by atoms with E-state index in [-0.39, 0.29) is 12.5 Å². The number of aliphatic hydroxyl groups is 1. The third kappa shape index (κ3) is 48.0. The number of aliphatic hydroxyl groups excluding tert-OH is 1. The molecule has 0 aliphatic rings. The number of amides is 1. The maximum absolute atomic E-state index is 12.8. The highest BCUT2D eigenvalue weighted by Gasteiger charge is 2.23. The van der Waals surface area contributed by atoms with E-state index in [0.717, 1.165) is 51.4 Å². The second-order valence-electron chi connectivity index (χ2n) is 18.9. The SMILES string of the molecule is CCCC/C=C/CC/C=C/C(O)C(COP(=O)([O-])OCC[N+](C)(C)C)NC(=O)CCCCCCCCCCCCCCCCCCCC/C=C\C/C=C\C/C=C\CCCCCCC. The van der Waals surface area contributed by atoms with Gasteiger partial charge >= 0.3 is 0 Å². The number of unbranched alkanes of at least 4 members (excludes halogenated alkanes) is 26. The summed E-state index contributed by atoms with van der Waals surface area (Å²) >= 11 is 0. The fourth-order valence-electron chi connectivity index (χ4n) is 7.28. The summed E-state index contributed by atoms with van der Waals surface area (Å²) in [5.41, 5.74) is 0. The number of nitrogens with zero attached hydrogens (tertiary/aromatic N) is 1. The Hall–Kier alpha value is -1.80. The summed E-state index contributed by atoms with van der Waals surface area (Å²) in [7, 11) is 1.24. The lowest BCUT2D eigenvalue weighted by Crippen LogP contribution is -2.45. The van der Waals surface area contributed by atoms with Crippen LogP contribution in [0.5, 0.6) is 0 Å². The van der Waals surface area contributed by atoms with Gasteiger partial charge in [-0.05, 0) is 64.2 Å². The monoisotopic (exact) mass is 905 g/mol. The van der Waals surface area contributed by atoms with E-state index in [1.165, 1.54) is 154 Å². The zero-order valence-electron chi connectivity index (χ0n) is 41.8. The lowest BCUT2D eigenvalue weighted by molar-refractivity contribution is -0.870. The highest BCUT2D eigenvalue weighted by Crippen LogP contribution is 2.38. The van der Waals surface area contributed by atoms with E-state index in [0.29, 0.717) is 17.4 Å². The van der Waals surface area contributed by atoms with Gasteiger partial charge in [-0.1, -0.05) is 216 Å². The number of carbonyl (C=O) groups excluding carboxylic acids is 1. The number of phosphoric acid groups is 1. The molecule has 8 nitrogen and oxygen atoms in total. The molecule has 0 bridgehead atoms. The van der Waals surface area contributed by atoms with Crippen LogP contribution in [0, 0.1) is 0 Å². The smallest absolute Gasteiger partial charge is 0.268 e. The Balaban J connectivity index is 3.94. The fourth-order valence-corrected chi connectivity index (χ4v) is 8.00. The summed E-state index contributed by atoms with van der Waals surface area (Å²) in [5, 5.41) is 13.7. The Labute approximate surface area is 390 Å². The molecule has 0 spiro atoms. The van der Waals surface area contributed by atoms with Crippen LogP contribution in [0.15, 0.2) is 60.8 Å². The first-order valence-electron chi connectivity index (χ1n) is 26.2. The van der Waals surface area contributed by atoms with Crippen LogP contribution in [-0.4, -0.2) is 68.5 Å². The van der Waals surface area contributed by atoms with Crippen molar-refractivity contribution in [3.05, 3.63) is 60.8 Å². The molecule has 0 saturated heterocycles. The van der Waals surface area contributed by atoms with Crippen LogP contribution < -0.4 is 10.2 Å². The molecule has 0 heterocycles. The molecule has 0 aliphatic carbocycles. The largest absolute Gasteiger partial charge is 0.756 e. The van der Waals surface area contributed by atoms with Gasteiger partial charge in [-0.2, -0.15) is 0 Å². The molecular formula is C54H101N2O6P. The van der Waals surface area contributed by atoms with Crippen LogP contribution in [0.3, 0.4) is 0 Å². The molecular weight excluding hydrogens is 804 g/mol. The van der Waals surface area contributed by atoms with Gasteiger partial charge in [0.2, 0.25) is 5.91 Å². The predicted octanol–water partition coefficient (Wildman–Crippen LogP) is 14.7. The van der Waals surface area contributed by atoms with Gasteiger partial charge in [0, 0.05) is 6.42 Å². The predicted molar refractivity (Wildman–Crippen MR) is 270 cm³/mol. The van der Waals surface area contributed by atoms with Gasteiger partial charge in [0.05, 0.1) is 39.9 Å². The second-order valence-corrected chi connectivity index (χ2v) is 20.3. The molecule has 3 atom stereocenters. The zero-order valence-corrected chi connectivity index (χ0v) is 42.7. The average Bonchev–Trinajstić information content (AvgIpc) is 3.24. The maximum atomic E-state index is 12.8. The summed E-state index contributed by atoms with van der Waals surface area (Å²) in [4.78, 5) is 25.3. The molecule has 0 radical (unpaired) electrons. The number of allylic oxidation sites excluding steroid dienone is 9. The van der Waals surface area contributed by atoms with Gasteiger partial charge in [-0.3, -0.25) is 9.36 Å². The summed E-state index contributed by atoms with van der Waals surface area (Å²) in [6.45, 7) is 4.53. The van der Waals surface area contributed by atoms with Crippen LogP contribution in [-0.2, 0) is 18.4 Å². The van der Waals surface area contributed by atoms with Gasteiger partial charge < -0.3 is 28.8 Å². The van der Waals surface area contributed by atoms with Crippen molar-refractivity contribution >= 4 is 13.7 Å². The van der Waals surface area contributed by atoms with Gasteiger partial charge in [0.15, 0.2) is 0 Å². The molecule has 0 aromatic heterocycles. The normalized spacial score (nSPS) is 14.6. The Kier molecular flexibility index (Phi) is 44.1. The van der Waals surface area contributed by atoms with E-state index < -0.39 is 26.6 Å². The molecule has 0 aliphatic heterocycles. The first-order chi connectivity index (χ1) is 30.5. The summed E-state index contributed by atoms with van der Waals surface area (Å²) < 4.78 is 23.1. The first-order valence-corrected chi connectivity index (χ1v) is 27.6. The highest BCUT2D eigenvalue weighted by molar-refractivity contribution is 7.45. The molecule has 0 rings (SSSR count). The molecule has 368 valence electrons. The van der Waals surface area contributed by atoms with Gasteiger partial charge in [0.1, 0.15) is 13.2 Å². The minimum absolute atomic E-state index is 0.00759. The molecule has 0 aromatic rings. The van der Waals surface area contributed by atoms with Crippen molar-refractivity contribution in [1.82, 2.24) is 5.32 Å². The van der Waals surface area contributed by atoms with Crippen LogP contribution in [0.1, 0.15) is 226 Å². The molecule has 0 saturated carbocycles. The van der Waals surface area contributed by atoms with E-state index in [9.17, 15) is 19.4 Å². The van der Waals surface area contributed by atoms with Gasteiger partial charge in [-0.15, -0.1) is 0 Å². The zero-order chi connectivity index (χ0) is 46.4. The Morgan fingerprint density at radius 3 is 1.44 bits per heavy atom. The molecule has 9 heteroatoms. The molecule has 0 aromatic carbocycles. The summed E-state index contributed by atoms with van der Waals surface area (Å²) in [6.07, 6.45) is 60.4. The Morgan fingerprint density at radius 2 is 0.952 bits per heavy atom. The quantitative estimate of drug-likeness (QED) is 0.0273. The number of phosphoric ester groups is 1. The maximum Gasteiger partial charge on any atom is 0.268 e. The Bertz CT molecular complexity index is 1210. The molecule has 3 unspecified atom stereocenters. The van der Waals surface area contributed by atoms with Crippen LogP contribution in [0.2, 0.25) is 0 Å². The molecule has 0 fully saturated rings. The third-order valence-corrected chi connectivity index (χ3v) is 12.4. The standard InChI is InChI=1S/C54H101N2O6P/c1-6-8-10-12-14-16-17-18-19-20-21-22-23-24-25-26-27-28-29-30-31-32-33-34-35-36-37-38-39-40-42-44-46-48-54(58)55-52(51-62-63(59,60)61-50-49-56(3,4)5)53(57)47-45-43-41-15-13-11-9-7-2/h13,15,17-18,20-21,23-24,45,47,52-53,57H,6-12,14,16,19,22,25-44,46,48-51H2,1-5H3,(H-,55,58,59,60)/b15-13+,18-17-,21-20-,24-23-,47-45+. The number of carbonyl (C=O) groups is 1. The van der Waals surface area contributed by atoms with Gasteiger partial charge in [-0.25, -0.2) is 0 Å². The van der Waals surface area contributed by atoms with E-state index in [1.807, 2.05) is 27.2 Å². The first kappa shape index (κ1) is 61.2. The highest BCUT2D eigenvalue weighted by atomic mass is 31.2. The molecule has 1 amide bonds. The van der Waals surface area contributed by atoms with E-state index in [2.05, 4.69) is 67.8 Å². The number of likely N-dealkylation sites (N-methyl/N-ethyl adjacent to an activating group) is 1. The number of hydrogen-bond donors (Lipinski definition) is 2. The lowest BCUT2D eigenvalue weighted by Gasteiger charge is -2.29. The van der Waals surface area contributed by atoms with Crippen molar-refractivity contribution in [2.45, 2.75) is 238 Å². The average molecular weight is 905 g/mol. The lowest BCUT2D eigenvalue weighted by atomic mass is 10.0. The van der Waals surface area contributed by atoms with Crippen LogP contribution >= 0.6 is 7.82 Å². The number of nitrogens with one attached hydrogen (secondary N) is 1. The molecule has 63 heavy (non-hydrogen) atoms. The van der Waals surface area contributed by atoms with Crippen LogP contribution in [0.4, 0.5) is 0 Å². The van der Waals surface area contributed by atoms with Crippen LogP contribution in [0.25, 0.3) is 0 Å². The van der Waals surface area contributed by atoms with Crippen molar-refractivity contribution in [3.63, 3.8) is 0 Å². The van der Waals surface area contributed by atoms with E-state index >= 15 is 0 Å². The second kappa shape index (κ2) is 45.4. The number of rotatable bonds is 47. The van der Waals surface area contributed by atoms with Crippen molar-refractivity contribution in [2.24, 2.45) is 0 Å². The van der Waals surface area contributed by atoms with Crippen molar-refractivity contribution in [1.29, 1.82) is 0 Å². The van der Waals surface area contributed by atoms with Gasteiger partial charge in [0.25, 0.3) is 7.82 Å². The minimum atomic E-state index is -4.59. The number of quaternary nitrogens is 1. The Morgan fingerprint density at radius 1 is 0.556 bits per heavy atom. The van der Waals surface area contributed by atoms with E-state index in [4.69, 9.17) is 9.05 Å². The number of hydrogen-bond acceptors (Lipinski definition) is 6. The topological polar surface area (TPSA) is 108 Å². The van der Waals surface area contributed by atoms with Crippen molar-refractivity contribution in [2.75, 3.05) is 40.9 Å².